The summed E-state index contributed by atoms with van der Waals surface area (Å²) in [5, 5.41) is 16.6. The second kappa shape index (κ2) is 16.7. The second-order valence-electron chi connectivity index (χ2n) is 9.22. The maximum Gasteiger partial charge on any atom is 0.354 e. The van der Waals surface area contributed by atoms with E-state index in [-0.39, 0.29) is 63.3 Å². The van der Waals surface area contributed by atoms with Crippen molar-refractivity contribution in [2.45, 2.75) is 9.79 Å². The quantitative estimate of drug-likeness (QED) is 0.207. The van der Waals surface area contributed by atoms with Gasteiger partial charge in [0, 0.05) is 66.9 Å². The molecule has 0 saturated carbocycles. The molecule has 2 N–H and O–H groups in total. The fourth-order valence-corrected chi connectivity index (χ4v) is 5.84. The summed E-state index contributed by atoms with van der Waals surface area (Å²) >= 11 is 0. The van der Waals surface area contributed by atoms with Crippen molar-refractivity contribution in [3.05, 3.63) is 145 Å². The number of pyridine rings is 4. The number of hydrogen-bond acceptors (Lipinski definition) is 8. The Labute approximate surface area is 299 Å². The Bertz CT molecular complexity index is 1930. The van der Waals surface area contributed by atoms with Crippen LogP contribution in [0.15, 0.2) is 132 Å². The van der Waals surface area contributed by atoms with Gasteiger partial charge in [-0.25, -0.2) is 28.0 Å². The van der Waals surface area contributed by atoms with Gasteiger partial charge in [-0.05, 0) is 57.6 Å². The number of benzene rings is 2. The Morgan fingerprint density at radius 2 is 0.915 bits per heavy atom. The van der Waals surface area contributed by atoms with E-state index in [1.54, 1.807) is 36.7 Å². The van der Waals surface area contributed by atoms with Gasteiger partial charge < -0.3 is 20.2 Å². The molecule has 0 aliphatic carbocycles. The van der Waals surface area contributed by atoms with Gasteiger partial charge in [0.1, 0.15) is 21.2 Å². The van der Waals surface area contributed by atoms with Crippen molar-refractivity contribution in [3.63, 3.8) is 0 Å². The van der Waals surface area contributed by atoms with Gasteiger partial charge in [-0.15, -0.1) is 58.7 Å². The van der Waals surface area contributed by atoms with Crippen LogP contribution in [0.4, 0.5) is 0 Å². The normalized spacial score (nSPS) is 11.3. The molecule has 0 unspecified atom stereocenters. The van der Waals surface area contributed by atoms with Gasteiger partial charge in [0.25, 0.3) is 0 Å². The monoisotopic (exact) mass is 1000 g/mol. The average molecular weight is 1000 g/mol. The van der Waals surface area contributed by atoms with Crippen molar-refractivity contribution in [1.82, 2.24) is 19.9 Å². The molecule has 6 aromatic rings. The summed E-state index contributed by atoms with van der Waals surface area (Å²) in [5.41, 5.74) is 4.49. The number of sulfone groups is 1. The number of carboxylic acids is 2. The molecule has 5 heterocycles. The number of hydrogen-bond donors (Lipinski definition) is 2. The van der Waals surface area contributed by atoms with Gasteiger partial charge >= 0.3 is 11.9 Å². The molecule has 0 atom stereocenters. The van der Waals surface area contributed by atoms with Gasteiger partial charge in [0.2, 0.25) is 0 Å². The summed E-state index contributed by atoms with van der Waals surface area (Å²) in [6.45, 7) is 0. The number of carboxylic acid groups (broad SMARTS) is 2. The fraction of sp³-hybridized carbons (Fsp3) is 0. The SMILES string of the molecule is O=C(O)c1ccccn1.O=C(O)c1ccccn1.O=S1(=O)c2c[c-]c(-c3ccccn3)cc2-c2cc(-c3ccccn3)[c-]cc21.[Pt].[Pt]. The molecule has 0 fully saturated rings. The number of nitrogens with zero attached hydrogens (tertiary/aromatic N) is 4. The van der Waals surface area contributed by atoms with E-state index in [0.717, 1.165) is 22.5 Å². The molecule has 10 nitrogen and oxygen atoms in total. The Kier molecular flexibility index (Phi) is 13.1. The maximum atomic E-state index is 12.9. The average Bonchev–Trinajstić information content (AvgIpc) is 3.32. The molecule has 1 aliphatic rings. The van der Waals surface area contributed by atoms with E-state index in [2.05, 4.69) is 32.1 Å². The standard InChI is InChI=1S/C22H12N2O2S.2C6H5NO2.2Pt/c25-27(26)21-9-7-15(19-5-1-3-11-23-19)13-17(21)18-14-16(8-10-22(18)27)20-6-2-4-12-24-20;2*8-6(9)5-3-1-2-4-7-5;;/h1-6,9-14H;2*1-4H,(H,8,9);;/q-2;;;;. The summed E-state index contributed by atoms with van der Waals surface area (Å²) in [4.78, 5) is 36.6. The van der Waals surface area contributed by atoms with Crippen LogP contribution in [0.5, 0.6) is 0 Å². The molecule has 0 saturated heterocycles. The zero-order valence-corrected chi connectivity index (χ0v) is 29.3. The molecule has 13 heteroatoms. The molecule has 4 aromatic heterocycles. The topological polar surface area (TPSA) is 160 Å². The van der Waals surface area contributed by atoms with Gasteiger partial charge in [0.05, 0.1) is 0 Å². The van der Waals surface area contributed by atoms with Crippen molar-refractivity contribution in [2.24, 2.45) is 0 Å². The number of fused-ring (bicyclic) bond motifs is 3. The number of carbonyl (C=O) groups is 2. The van der Waals surface area contributed by atoms with Gasteiger partial charge in [-0.3, -0.25) is 0 Å². The smallest absolute Gasteiger partial charge is 0.354 e. The van der Waals surface area contributed by atoms with Crippen molar-refractivity contribution < 1.29 is 70.4 Å². The van der Waals surface area contributed by atoms with Gasteiger partial charge in [-0.1, -0.05) is 36.4 Å². The second-order valence-corrected chi connectivity index (χ2v) is 11.1. The first-order chi connectivity index (χ1) is 21.8. The van der Waals surface area contributed by atoms with E-state index in [9.17, 15) is 18.0 Å². The summed E-state index contributed by atoms with van der Waals surface area (Å²) in [6, 6.07) is 33.6. The summed E-state index contributed by atoms with van der Waals surface area (Å²) in [7, 11) is -3.57. The Morgan fingerprint density at radius 1 is 0.553 bits per heavy atom. The largest absolute Gasteiger partial charge is 0.477 e. The minimum atomic E-state index is -3.57. The van der Waals surface area contributed by atoms with Gasteiger partial charge in [-0.2, -0.15) is 0 Å². The summed E-state index contributed by atoms with van der Waals surface area (Å²) in [5.74, 6) is -1.98. The molecule has 2 aromatic carbocycles. The van der Waals surface area contributed by atoms with Crippen molar-refractivity contribution in [1.29, 1.82) is 0 Å². The Morgan fingerprint density at radius 3 is 1.19 bits per heavy atom. The van der Waals surface area contributed by atoms with Crippen LogP contribution in [0.1, 0.15) is 21.0 Å². The van der Waals surface area contributed by atoms with Gasteiger partial charge in [0.15, 0.2) is 0 Å². The number of aromatic nitrogens is 4. The zero-order chi connectivity index (χ0) is 31.8. The van der Waals surface area contributed by atoms with Crippen LogP contribution < -0.4 is 0 Å². The van der Waals surface area contributed by atoms with Crippen molar-refractivity contribution in [3.8, 4) is 33.6 Å². The van der Waals surface area contributed by atoms with E-state index in [1.165, 1.54) is 36.7 Å². The first kappa shape index (κ1) is 36.8. The molecule has 1 aliphatic heterocycles. The first-order valence-corrected chi connectivity index (χ1v) is 14.7. The predicted octanol–water partition coefficient (Wildman–Crippen LogP) is 5.78. The van der Waals surface area contributed by atoms with Crippen LogP contribution in [0, 0.1) is 12.1 Å². The van der Waals surface area contributed by atoms with Crippen LogP contribution in [0.2, 0.25) is 0 Å². The first-order valence-electron chi connectivity index (χ1n) is 13.2. The van der Waals surface area contributed by atoms with E-state index >= 15 is 0 Å². The molecule has 0 amide bonds. The van der Waals surface area contributed by atoms with Crippen molar-refractivity contribution >= 4 is 21.8 Å². The summed E-state index contributed by atoms with van der Waals surface area (Å²) in [6.07, 6.45) is 6.30. The molecular formula is C34H22N4O6Pt2S-2. The minimum absolute atomic E-state index is 0. The minimum Gasteiger partial charge on any atom is -0.477 e. The molecule has 7 rings (SSSR count). The number of rotatable bonds is 4. The predicted molar refractivity (Wildman–Crippen MR) is 164 cm³/mol. The third kappa shape index (κ3) is 8.77. The molecule has 47 heavy (non-hydrogen) atoms. The van der Waals surface area contributed by atoms with Crippen LogP contribution in [-0.2, 0) is 52.0 Å². The summed E-state index contributed by atoms with van der Waals surface area (Å²) < 4.78 is 25.8. The zero-order valence-electron chi connectivity index (χ0n) is 23.9. The third-order valence-corrected chi connectivity index (χ3v) is 8.18. The molecule has 0 radical (unpaired) electrons. The Balaban J connectivity index is 0.000000248. The Hall–Kier alpha value is -4.69. The third-order valence-electron chi connectivity index (χ3n) is 6.34. The molecular weight excluding hydrogens is 983 g/mol. The van der Waals surface area contributed by atoms with Crippen LogP contribution >= 0.6 is 0 Å². The van der Waals surface area contributed by atoms with Crippen LogP contribution in [0.25, 0.3) is 33.6 Å². The van der Waals surface area contributed by atoms with E-state index in [4.69, 9.17) is 10.2 Å². The molecule has 0 spiro atoms. The van der Waals surface area contributed by atoms with E-state index in [1.807, 2.05) is 48.5 Å². The van der Waals surface area contributed by atoms with Crippen LogP contribution in [-0.4, -0.2) is 50.5 Å². The van der Waals surface area contributed by atoms with Crippen molar-refractivity contribution in [2.75, 3.05) is 0 Å². The molecule has 0 bridgehead atoms. The fourth-order valence-electron chi connectivity index (χ4n) is 4.26. The molecule has 242 valence electrons. The number of aromatic carboxylic acids is 2. The van der Waals surface area contributed by atoms with E-state index < -0.39 is 21.8 Å². The maximum absolute atomic E-state index is 12.9. The van der Waals surface area contributed by atoms with E-state index in [0.29, 0.717) is 11.1 Å². The van der Waals surface area contributed by atoms with Crippen LogP contribution in [0.3, 0.4) is 0 Å².